The number of aryl methyl sites for hydroxylation is 1. The molecule has 1 fully saturated rings. The van der Waals surface area contributed by atoms with Gasteiger partial charge in [0.05, 0.1) is 6.20 Å². The largest absolute Gasteiger partial charge is 0.365 e. The first-order chi connectivity index (χ1) is 15.5. The number of nitrogens with one attached hydrogen (secondary N) is 1. The number of anilines is 1. The quantitative estimate of drug-likeness (QED) is 0.696. The summed E-state index contributed by atoms with van der Waals surface area (Å²) in [4.78, 5) is 36.5. The molecule has 4 rings (SSSR count). The van der Waals surface area contributed by atoms with Gasteiger partial charge in [-0.2, -0.15) is 0 Å². The minimum Gasteiger partial charge on any atom is -0.365 e. The Bertz CT molecular complexity index is 1060. The van der Waals surface area contributed by atoms with Crippen molar-refractivity contribution in [1.82, 2.24) is 19.4 Å². The lowest BCUT2D eigenvalue weighted by atomic mass is 9.75. The van der Waals surface area contributed by atoms with Crippen molar-refractivity contribution in [3.63, 3.8) is 0 Å². The van der Waals surface area contributed by atoms with Gasteiger partial charge in [-0.15, -0.1) is 0 Å². The van der Waals surface area contributed by atoms with Crippen molar-refractivity contribution in [2.24, 2.45) is 17.1 Å². The minimum atomic E-state index is -0.601. The number of piperidine rings is 1. The fourth-order valence-electron chi connectivity index (χ4n) is 5.23. The van der Waals surface area contributed by atoms with E-state index in [2.05, 4.69) is 42.9 Å². The van der Waals surface area contributed by atoms with E-state index in [-0.39, 0.29) is 22.9 Å². The topological polar surface area (TPSA) is 106 Å². The molecule has 2 aromatic heterocycles. The third-order valence-electron chi connectivity index (χ3n) is 6.65. The number of ketones is 1. The number of likely N-dealkylation sites (tertiary alicyclic amines) is 1. The van der Waals surface area contributed by atoms with Crippen LogP contribution in [0.1, 0.15) is 79.1 Å². The van der Waals surface area contributed by atoms with E-state index in [1.165, 1.54) is 0 Å². The van der Waals surface area contributed by atoms with E-state index in [4.69, 9.17) is 10.7 Å². The van der Waals surface area contributed by atoms with Gasteiger partial charge in [0.1, 0.15) is 0 Å². The molecule has 0 radical (unpaired) electrons. The summed E-state index contributed by atoms with van der Waals surface area (Å²) in [7, 11) is 0. The van der Waals surface area contributed by atoms with Gasteiger partial charge in [-0.3, -0.25) is 9.59 Å². The van der Waals surface area contributed by atoms with Gasteiger partial charge in [-0.1, -0.05) is 27.7 Å². The van der Waals surface area contributed by atoms with Gasteiger partial charge in [-0.25, -0.2) is 9.97 Å². The minimum absolute atomic E-state index is 0.113. The highest BCUT2D eigenvalue weighted by molar-refractivity contribution is 6.00. The molecule has 1 saturated heterocycles. The Kier molecular flexibility index (Phi) is 6.31. The molecule has 1 amide bonds. The second-order valence-electron chi connectivity index (χ2n) is 10.8. The summed E-state index contributed by atoms with van der Waals surface area (Å²) in [5, 5.41) is 3.45. The van der Waals surface area contributed by atoms with Crippen LogP contribution in [0.3, 0.4) is 0 Å². The summed E-state index contributed by atoms with van der Waals surface area (Å²) in [5.41, 5.74) is 8.35. The molecule has 8 nitrogen and oxygen atoms in total. The standard InChI is InChI=1S/C25H36N6O2/c1-15(2)13-30-8-6-17(7-9-30)28-24-22(23(26)33)27-12-20(29-24)31-14-16(3)21-18(31)10-25(4,5)11-19(21)32/h12,14-15,17H,6-11,13H2,1-5H3,(H2,26,33)(H,28,29). The van der Waals surface area contributed by atoms with Crippen LogP contribution in [0.25, 0.3) is 5.82 Å². The Morgan fingerprint density at radius 1 is 1.27 bits per heavy atom. The highest BCUT2D eigenvalue weighted by Gasteiger charge is 2.35. The maximum atomic E-state index is 12.8. The molecule has 1 aliphatic carbocycles. The molecular weight excluding hydrogens is 416 g/mol. The van der Waals surface area contributed by atoms with Crippen LogP contribution in [0.4, 0.5) is 5.82 Å². The second-order valence-corrected chi connectivity index (χ2v) is 10.8. The summed E-state index contributed by atoms with van der Waals surface area (Å²) < 4.78 is 1.96. The molecule has 3 heterocycles. The summed E-state index contributed by atoms with van der Waals surface area (Å²) in [6, 6.07) is 0.205. The number of aromatic nitrogens is 3. The predicted molar refractivity (Wildman–Crippen MR) is 129 cm³/mol. The molecule has 1 aliphatic heterocycles. The van der Waals surface area contributed by atoms with Crippen LogP contribution in [-0.4, -0.2) is 56.8 Å². The molecule has 0 atom stereocenters. The number of primary amides is 1. The zero-order valence-corrected chi connectivity index (χ0v) is 20.4. The van der Waals surface area contributed by atoms with Crippen molar-refractivity contribution in [1.29, 1.82) is 0 Å². The number of fused-ring (bicyclic) bond motifs is 1. The molecule has 33 heavy (non-hydrogen) atoms. The molecule has 3 N–H and O–H groups in total. The third kappa shape index (κ3) is 4.95. The lowest BCUT2D eigenvalue weighted by Gasteiger charge is -2.33. The van der Waals surface area contributed by atoms with E-state index in [0.29, 0.717) is 24.0 Å². The number of Topliss-reactive ketones (excluding diaryl/α,β-unsaturated/α-hetero) is 1. The lowest BCUT2D eigenvalue weighted by Crippen LogP contribution is -2.41. The van der Waals surface area contributed by atoms with E-state index in [1.54, 1.807) is 6.20 Å². The highest BCUT2D eigenvalue weighted by Crippen LogP contribution is 2.38. The molecule has 0 spiro atoms. The zero-order valence-electron chi connectivity index (χ0n) is 20.4. The smallest absolute Gasteiger partial charge is 0.271 e. The lowest BCUT2D eigenvalue weighted by molar-refractivity contribution is 0.0909. The van der Waals surface area contributed by atoms with Crippen LogP contribution in [-0.2, 0) is 6.42 Å². The van der Waals surface area contributed by atoms with E-state index in [0.717, 1.165) is 55.7 Å². The van der Waals surface area contributed by atoms with Crippen molar-refractivity contribution in [2.75, 3.05) is 25.0 Å². The SMILES string of the molecule is Cc1cn(-c2cnc(C(N)=O)c(NC3CCN(CC(C)C)CC3)n2)c2c1C(=O)CC(C)(C)C2. The van der Waals surface area contributed by atoms with Gasteiger partial charge in [0.2, 0.25) is 0 Å². The van der Waals surface area contributed by atoms with Crippen molar-refractivity contribution < 1.29 is 9.59 Å². The normalized spacial score (nSPS) is 19.0. The fraction of sp³-hybridized carbons (Fsp3) is 0.600. The molecule has 2 aliphatic rings. The number of hydrogen-bond donors (Lipinski definition) is 2. The second kappa shape index (κ2) is 8.89. The third-order valence-corrected chi connectivity index (χ3v) is 6.65. The van der Waals surface area contributed by atoms with E-state index < -0.39 is 5.91 Å². The van der Waals surface area contributed by atoms with Gasteiger partial charge in [-0.05, 0) is 43.1 Å². The van der Waals surface area contributed by atoms with Crippen LogP contribution < -0.4 is 11.1 Å². The Hall–Kier alpha value is -2.74. The average Bonchev–Trinajstić information content (AvgIpc) is 3.04. The molecule has 0 unspecified atom stereocenters. The molecule has 8 heteroatoms. The Morgan fingerprint density at radius 3 is 2.61 bits per heavy atom. The van der Waals surface area contributed by atoms with Crippen LogP contribution in [0, 0.1) is 18.3 Å². The molecule has 0 aromatic carbocycles. The number of nitrogens with two attached hydrogens (primary N) is 1. The Morgan fingerprint density at radius 2 is 1.97 bits per heavy atom. The van der Waals surface area contributed by atoms with Gasteiger partial charge >= 0.3 is 0 Å². The number of rotatable bonds is 6. The van der Waals surface area contributed by atoms with E-state index in [9.17, 15) is 9.59 Å². The van der Waals surface area contributed by atoms with Crippen LogP contribution in [0.5, 0.6) is 0 Å². The average molecular weight is 453 g/mol. The van der Waals surface area contributed by atoms with Crippen molar-refractivity contribution in [3.05, 3.63) is 34.9 Å². The first kappa shape index (κ1) is 23.4. The first-order valence-corrected chi connectivity index (χ1v) is 11.9. The van der Waals surface area contributed by atoms with Gasteiger partial charge < -0.3 is 20.5 Å². The molecular formula is C25H36N6O2. The van der Waals surface area contributed by atoms with Gasteiger partial charge in [0.25, 0.3) is 5.91 Å². The number of carbonyl (C=O) groups is 2. The van der Waals surface area contributed by atoms with E-state index >= 15 is 0 Å². The zero-order chi connectivity index (χ0) is 23.9. The van der Waals surface area contributed by atoms with Crippen molar-refractivity contribution in [2.45, 2.75) is 66.3 Å². The molecule has 178 valence electrons. The summed E-state index contributed by atoms with van der Waals surface area (Å²) in [5.74, 6) is 1.23. The number of nitrogens with zero attached hydrogens (tertiary/aromatic N) is 4. The van der Waals surface area contributed by atoms with Gasteiger partial charge in [0.15, 0.2) is 23.1 Å². The molecule has 2 aromatic rings. The monoisotopic (exact) mass is 452 g/mol. The van der Waals surface area contributed by atoms with Gasteiger partial charge in [0, 0.05) is 49.6 Å². The van der Waals surface area contributed by atoms with E-state index in [1.807, 2.05) is 17.7 Å². The van der Waals surface area contributed by atoms with Crippen LogP contribution in [0.15, 0.2) is 12.4 Å². The van der Waals surface area contributed by atoms with Crippen molar-refractivity contribution in [3.8, 4) is 5.82 Å². The highest BCUT2D eigenvalue weighted by atomic mass is 16.1. The van der Waals surface area contributed by atoms with Crippen LogP contribution >= 0.6 is 0 Å². The fourth-order valence-corrected chi connectivity index (χ4v) is 5.23. The summed E-state index contributed by atoms with van der Waals surface area (Å²) in [6.07, 6.45) is 6.78. The first-order valence-electron chi connectivity index (χ1n) is 11.9. The summed E-state index contributed by atoms with van der Waals surface area (Å²) in [6.45, 7) is 13.8. The Labute approximate surface area is 196 Å². The van der Waals surface area contributed by atoms with Crippen LogP contribution in [0.2, 0.25) is 0 Å². The Balaban J connectivity index is 1.63. The maximum Gasteiger partial charge on any atom is 0.271 e. The number of hydrogen-bond acceptors (Lipinski definition) is 6. The maximum absolute atomic E-state index is 12.8. The number of amides is 1. The molecule has 0 bridgehead atoms. The van der Waals surface area contributed by atoms with Crippen molar-refractivity contribution >= 4 is 17.5 Å². The number of carbonyl (C=O) groups excluding carboxylic acids is 2. The summed E-state index contributed by atoms with van der Waals surface area (Å²) >= 11 is 0. The molecule has 0 saturated carbocycles. The predicted octanol–water partition coefficient (Wildman–Crippen LogP) is 3.36.